The second-order valence-electron chi connectivity index (χ2n) is 19.8. The third-order valence-corrected chi connectivity index (χ3v) is 12.4. The maximum absolute atomic E-state index is 12.9. The van der Waals surface area contributed by atoms with Crippen LogP contribution in [0.5, 0.6) is 0 Å². The van der Waals surface area contributed by atoms with Gasteiger partial charge in [-0.05, 0) is 154 Å². The normalized spacial score (nSPS) is 13.4. The lowest BCUT2D eigenvalue weighted by atomic mass is 10.1. The average Bonchev–Trinajstić information content (AvgIpc) is 3.45. The van der Waals surface area contributed by atoms with E-state index in [1.54, 1.807) is 0 Å². The zero-order chi connectivity index (χ0) is 57.1. The monoisotopic (exact) mass is 1080 g/mol. The summed E-state index contributed by atoms with van der Waals surface area (Å²) in [6, 6.07) is 0. The van der Waals surface area contributed by atoms with Gasteiger partial charge in [0.25, 0.3) is 0 Å². The van der Waals surface area contributed by atoms with Crippen molar-refractivity contribution >= 4 is 17.9 Å². The Hall–Kier alpha value is -5.49. The third-order valence-electron chi connectivity index (χ3n) is 12.4. The predicted molar refractivity (Wildman–Crippen MR) is 343 cm³/mol. The Labute approximate surface area is 484 Å². The van der Waals surface area contributed by atoms with E-state index in [1.807, 2.05) is 0 Å². The number of allylic oxidation sites excluding steroid dienone is 30. The Kier molecular flexibility index (Phi) is 60.5. The Morgan fingerprint density at radius 2 is 0.494 bits per heavy atom. The van der Waals surface area contributed by atoms with Crippen LogP contribution in [0, 0.1) is 0 Å². The lowest BCUT2D eigenvalue weighted by molar-refractivity contribution is -0.167. The van der Waals surface area contributed by atoms with E-state index in [0.29, 0.717) is 19.3 Å². The number of carbonyl (C=O) groups is 3. The summed E-state index contributed by atoms with van der Waals surface area (Å²) in [5.74, 6) is -1.00. The van der Waals surface area contributed by atoms with Gasteiger partial charge in [0.1, 0.15) is 13.2 Å². The fraction of sp³-hybridized carbons (Fsp3) is 0.548. The lowest BCUT2D eigenvalue weighted by Crippen LogP contribution is -2.30. The minimum absolute atomic E-state index is 0.119. The molecule has 440 valence electrons. The van der Waals surface area contributed by atoms with E-state index in [-0.39, 0.29) is 37.5 Å². The molecular formula is C73H112O6. The third kappa shape index (κ3) is 63.2. The van der Waals surface area contributed by atoms with Crippen molar-refractivity contribution in [1.29, 1.82) is 0 Å². The van der Waals surface area contributed by atoms with Gasteiger partial charge in [0.2, 0.25) is 0 Å². The molecule has 0 radical (unpaired) electrons. The molecule has 0 aromatic rings. The van der Waals surface area contributed by atoms with Crippen LogP contribution in [0.3, 0.4) is 0 Å². The fourth-order valence-corrected chi connectivity index (χ4v) is 7.76. The zero-order valence-electron chi connectivity index (χ0n) is 50.3. The van der Waals surface area contributed by atoms with Gasteiger partial charge in [0.15, 0.2) is 6.10 Å². The SMILES string of the molecule is CC/C=C\C/C=C\C/C=C\C/C=C\C/C=C\C/C=C\C/C=C\CCCCCCCC(=O)OCC(COC(=O)CCCCCCC/C=C\C/C=C\CCC)OC(=O)CCCC/C=C\C/C=C\C/C=C\C/C=C\C/C=C\C/C=C\CC. The van der Waals surface area contributed by atoms with E-state index in [4.69, 9.17) is 14.2 Å². The van der Waals surface area contributed by atoms with Crippen LogP contribution in [0.4, 0.5) is 0 Å². The molecule has 1 unspecified atom stereocenters. The predicted octanol–water partition coefficient (Wildman–Crippen LogP) is 21.7. The minimum Gasteiger partial charge on any atom is -0.462 e. The van der Waals surface area contributed by atoms with E-state index < -0.39 is 6.10 Å². The molecule has 1 atom stereocenters. The molecule has 0 saturated carbocycles. The van der Waals surface area contributed by atoms with Crippen LogP contribution in [0.2, 0.25) is 0 Å². The van der Waals surface area contributed by atoms with E-state index in [2.05, 4.69) is 203 Å². The highest BCUT2D eigenvalue weighted by atomic mass is 16.6. The maximum atomic E-state index is 12.9. The van der Waals surface area contributed by atoms with Gasteiger partial charge in [0, 0.05) is 19.3 Å². The number of hydrogen-bond donors (Lipinski definition) is 0. The van der Waals surface area contributed by atoms with E-state index in [1.165, 1.54) is 6.42 Å². The second kappa shape index (κ2) is 65.0. The average molecular weight is 1090 g/mol. The molecule has 0 fully saturated rings. The molecule has 0 aliphatic heterocycles. The smallest absolute Gasteiger partial charge is 0.306 e. The van der Waals surface area contributed by atoms with Crippen molar-refractivity contribution in [3.8, 4) is 0 Å². The van der Waals surface area contributed by atoms with Crippen molar-refractivity contribution in [1.82, 2.24) is 0 Å². The topological polar surface area (TPSA) is 78.9 Å². The molecule has 0 aliphatic rings. The first-order valence-electron chi connectivity index (χ1n) is 31.3. The number of rotatable bonds is 54. The summed E-state index contributed by atoms with van der Waals surface area (Å²) in [6.07, 6.45) is 97.5. The van der Waals surface area contributed by atoms with E-state index in [0.717, 1.165) is 186 Å². The number of carbonyl (C=O) groups excluding carboxylic acids is 3. The van der Waals surface area contributed by atoms with Gasteiger partial charge < -0.3 is 14.2 Å². The quantitative estimate of drug-likeness (QED) is 0.0261. The molecule has 0 saturated heterocycles. The van der Waals surface area contributed by atoms with Crippen LogP contribution >= 0.6 is 0 Å². The molecule has 6 heteroatoms. The first kappa shape index (κ1) is 73.5. The Morgan fingerprint density at radius 1 is 0.266 bits per heavy atom. The van der Waals surface area contributed by atoms with Crippen LogP contribution in [0.15, 0.2) is 182 Å². The van der Waals surface area contributed by atoms with Crippen molar-refractivity contribution in [2.24, 2.45) is 0 Å². The number of hydrogen-bond acceptors (Lipinski definition) is 6. The van der Waals surface area contributed by atoms with Gasteiger partial charge in [-0.2, -0.15) is 0 Å². The van der Waals surface area contributed by atoms with Gasteiger partial charge in [-0.1, -0.05) is 248 Å². The van der Waals surface area contributed by atoms with Gasteiger partial charge >= 0.3 is 17.9 Å². The molecule has 0 N–H and O–H groups in total. The van der Waals surface area contributed by atoms with Gasteiger partial charge in [0.05, 0.1) is 0 Å². The zero-order valence-corrected chi connectivity index (χ0v) is 50.3. The van der Waals surface area contributed by atoms with Gasteiger partial charge in [-0.25, -0.2) is 0 Å². The van der Waals surface area contributed by atoms with Crippen LogP contribution in [-0.2, 0) is 28.6 Å². The Balaban J connectivity index is 4.51. The summed E-state index contributed by atoms with van der Waals surface area (Å²) in [7, 11) is 0. The Morgan fingerprint density at radius 3 is 0.797 bits per heavy atom. The molecule has 0 spiro atoms. The highest BCUT2D eigenvalue weighted by molar-refractivity contribution is 5.71. The second-order valence-corrected chi connectivity index (χ2v) is 19.8. The lowest BCUT2D eigenvalue weighted by Gasteiger charge is -2.18. The molecular weight excluding hydrogens is 973 g/mol. The molecule has 0 heterocycles. The summed E-state index contributed by atoms with van der Waals surface area (Å²) >= 11 is 0. The largest absolute Gasteiger partial charge is 0.462 e. The van der Waals surface area contributed by atoms with E-state index >= 15 is 0 Å². The molecule has 0 aromatic carbocycles. The van der Waals surface area contributed by atoms with Crippen molar-refractivity contribution in [3.63, 3.8) is 0 Å². The van der Waals surface area contributed by atoms with Gasteiger partial charge in [-0.15, -0.1) is 0 Å². The number of unbranched alkanes of at least 4 members (excludes halogenated alkanes) is 13. The highest BCUT2D eigenvalue weighted by Gasteiger charge is 2.19. The minimum atomic E-state index is -0.827. The van der Waals surface area contributed by atoms with Crippen molar-refractivity contribution in [2.45, 2.75) is 245 Å². The number of esters is 3. The first-order valence-corrected chi connectivity index (χ1v) is 31.3. The maximum Gasteiger partial charge on any atom is 0.306 e. The summed E-state index contributed by atoms with van der Waals surface area (Å²) in [6.45, 7) is 6.27. The van der Waals surface area contributed by atoms with Crippen LogP contribution in [0.1, 0.15) is 239 Å². The van der Waals surface area contributed by atoms with Gasteiger partial charge in [-0.3, -0.25) is 14.4 Å². The van der Waals surface area contributed by atoms with Crippen LogP contribution < -0.4 is 0 Å². The molecule has 0 aliphatic carbocycles. The first-order chi connectivity index (χ1) is 39.0. The molecule has 0 bridgehead atoms. The summed E-state index contributed by atoms with van der Waals surface area (Å²) in [5.41, 5.74) is 0. The van der Waals surface area contributed by atoms with Crippen molar-refractivity contribution < 1.29 is 28.6 Å². The van der Waals surface area contributed by atoms with E-state index in [9.17, 15) is 14.4 Å². The molecule has 0 aromatic heterocycles. The summed E-state index contributed by atoms with van der Waals surface area (Å²) in [4.78, 5) is 38.3. The Bertz CT molecular complexity index is 1870. The van der Waals surface area contributed by atoms with Crippen molar-refractivity contribution in [2.75, 3.05) is 13.2 Å². The van der Waals surface area contributed by atoms with Crippen LogP contribution in [0.25, 0.3) is 0 Å². The van der Waals surface area contributed by atoms with Crippen LogP contribution in [-0.4, -0.2) is 37.2 Å². The molecule has 6 nitrogen and oxygen atoms in total. The number of ether oxygens (including phenoxy) is 3. The molecule has 0 amide bonds. The highest BCUT2D eigenvalue weighted by Crippen LogP contribution is 2.13. The van der Waals surface area contributed by atoms with Crippen molar-refractivity contribution in [3.05, 3.63) is 182 Å². The summed E-state index contributed by atoms with van der Waals surface area (Å²) in [5, 5.41) is 0. The summed E-state index contributed by atoms with van der Waals surface area (Å²) < 4.78 is 16.8. The molecule has 79 heavy (non-hydrogen) atoms. The standard InChI is InChI=1S/C73H112O6/c1-4-7-10-13-16-19-22-25-27-29-31-33-34-35-36-37-38-40-41-43-45-48-51-54-57-60-63-66-72(75)78-69-70(68-77-71(74)65-62-59-56-53-50-47-24-21-18-15-12-9-6-3)79-73(76)67-64-61-58-55-52-49-46-44-42-39-32-30-28-26-23-20-17-14-11-8-5-2/h7-8,10-12,15-17,19-21,24-28,31-33,35-36,38-40,43-46,52,55,70H,4-6,9,13-14,18,22-23,29-30,34,37,41-42,47-51,53-54,56-69H2,1-3H3/b10-7-,11-8-,15-12-,19-16-,20-17-,24-21-,27-25-,28-26-,33-31-,36-35-,39-32-,40-38-,45-43-,46-44-,55-52-. The fourth-order valence-electron chi connectivity index (χ4n) is 7.76. The molecule has 0 rings (SSSR count).